The Morgan fingerprint density at radius 2 is 0.885 bits per heavy atom. The van der Waals surface area contributed by atoms with Crippen molar-refractivity contribution < 1.29 is 19.7 Å². The monoisotopic (exact) mass is 674 g/mol. The Bertz CT molecular complexity index is 2740. The van der Waals surface area contributed by atoms with Gasteiger partial charge in [0.15, 0.2) is 11.5 Å². The molecule has 0 unspecified atom stereocenters. The standard InChI is InChI=1S/C48H34O4/c49-24-26-51-46-32-42-31-36(15-13-34-17-21-38-7-2-4-9-40(38)29-34)19-23-44(42)47(48(46)52-27-25-50)45-11-5-10-41-30-35(18-22-43(41)45)14-12-33-16-20-37-6-1-3-8-39(37)28-33/h1-11,16-23,28-32,49-50H,24-27H2. The molecule has 0 radical (unpaired) electrons. The minimum absolute atomic E-state index is 0.0859. The van der Waals surface area contributed by atoms with Crippen LogP contribution in [0.15, 0.2) is 146 Å². The lowest BCUT2D eigenvalue weighted by molar-refractivity contribution is 0.179. The Labute approximate surface area is 302 Å². The Morgan fingerprint density at radius 1 is 0.404 bits per heavy atom. The zero-order valence-electron chi connectivity index (χ0n) is 28.4. The van der Waals surface area contributed by atoms with Gasteiger partial charge in [0.2, 0.25) is 0 Å². The molecule has 0 amide bonds. The summed E-state index contributed by atoms with van der Waals surface area (Å²) < 4.78 is 12.3. The number of ether oxygens (including phenoxy) is 2. The summed E-state index contributed by atoms with van der Waals surface area (Å²) in [6.07, 6.45) is 0. The molecule has 0 saturated heterocycles. The quantitative estimate of drug-likeness (QED) is 0.165. The highest BCUT2D eigenvalue weighted by Gasteiger charge is 2.20. The summed E-state index contributed by atoms with van der Waals surface area (Å²) in [5.74, 6) is 14.4. The molecule has 0 fully saturated rings. The zero-order valence-corrected chi connectivity index (χ0v) is 28.4. The Morgan fingerprint density at radius 3 is 1.48 bits per heavy atom. The first-order chi connectivity index (χ1) is 25.7. The molecule has 250 valence electrons. The molecule has 4 heteroatoms. The van der Waals surface area contributed by atoms with Crippen LogP contribution >= 0.6 is 0 Å². The van der Waals surface area contributed by atoms with E-state index in [0.29, 0.717) is 11.5 Å². The van der Waals surface area contributed by atoms with Gasteiger partial charge in [-0.2, -0.15) is 0 Å². The summed E-state index contributed by atoms with van der Waals surface area (Å²) in [6.45, 7) is -0.129. The number of benzene rings is 8. The first kappa shape index (κ1) is 32.6. The molecule has 8 aromatic rings. The van der Waals surface area contributed by atoms with Crippen LogP contribution in [0.4, 0.5) is 0 Å². The number of hydrogen-bond donors (Lipinski definition) is 2. The minimum atomic E-state index is -0.158. The molecule has 8 aromatic carbocycles. The van der Waals surface area contributed by atoms with Gasteiger partial charge in [-0.3, -0.25) is 0 Å². The van der Waals surface area contributed by atoms with Crippen LogP contribution in [-0.4, -0.2) is 36.6 Å². The smallest absolute Gasteiger partial charge is 0.169 e. The van der Waals surface area contributed by atoms with Crippen molar-refractivity contribution in [3.05, 3.63) is 168 Å². The predicted molar refractivity (Wildman–Crippen MR) is 212 cm³/mol. The van der Waals surface area contributed by atoms with Crippen molar-refractivity contribution in [3.63, 3.8) is 0 Å². The third kappa shape index (κ3) is 6.78. The molecule has 0 aliphatic heterocycles. The Hall–Kier alpha value is -6.56. The van der Waals surface area contributed by atoms with Crippen LogP contribution in [0.1, 0.15) is 22.3 Å². The van der Waals surface area contributed by atoms with E-state index < -0.39 is 0 Å². The van der Waals surface area contributed by atoms with Gasteiger partial charge in [-0.1, -0.05) is 115 Å². The lowest BCUT2D eigenvalue weighted by atomic mass is 9.91. The SMILES string of the molecule is OCCOc1cc2cc(C#Cc3ccc4ccccc4c3)ccc2c(-c2cccc3cc(C#Cc4ccc5ccccc5c4)ccc23)c1OCCO. The normalized spacial score (nSPS) is 10.9. The molecule has 0 aromatic heterocycles. The van der Waals surface area contributed by atoms with Gasteiger partial charge in [0.25, 0.3) is 0 Å². The molecule has 0 aliphatic carbocycles. The second kappa shape index (κ2) is 14.7. The maximum Gasteiger partial charge on any atom is 0.169 e. The van der Waals surface area contributed by atoms with Gasteiger partial charge in [-0.25, -0.2) is 0 Å². The van der Waals surface area contributed by atoms with Crippen LogP contribution in [-0.2, 0) is 0 Å². The lowest BCUT2D eigenvalue weighted by Gasteiger charge is -2.20. The summed E-state index contributed by atoms with van der Waals surface area (Å²) in [5.41, 5.74) is 5.47. The summed E-state index contributed by atoms with van der Waals surface area (Å²) in [4.78, 5) is 0. The third-order valence-electron chi connectivity index (χ3n) is 9.10. The van der Waals surface area contributed by atoms with E-state index in [-0.39, 0.29) is 26.4 Å². The summed E-state index contributed by atoms with van der Waals surface area (Å²) >= 11 is 0. The van der Waals surface area contributed by atoms with Crippen LogP contribution in [0.5, 0.6) is 11.5 Å². The van der Waals surface area contributed by atoms with Crippen LogP contribution in [0, 0.1) is 23.7 Å². The molecular formula is C48H34O4. The third-order valence-corrected chi connectivity index (χ3v) is 9.10. The number of aliphatic hydroxyl groups excluding tert-OH is 2. The van der Waals surface area contributed by atoms with E-state index in [1.165, 1.54) is 10.8 Å². The van der Waals surface area contributed by atoms with E-state index in [4.69, 9.17) is 9.47 Å². The molecule has 4 nitrogen and oxygen atoms in total. The largest absolute Gasteiger partial charge is 0.487 e. The number of hydrogen-bond acceptors (Lipinski definition) is 4. The fourth-order valence-electron chi connectivity index (χ4n) is 6.66. The predicted octanol–water partition coefficient (Wildman–Crippen LogP) is 9.51. The van der Waals surface area contributed by atoms with E-state index in [0.717, 1.165) is 65.7 Å². The first-order valence-corrected chi connectivity index (χ1v) is 17.3. The van der Waals surface area contributed by atoms with Gasteiger partial charge in [0.1, 0.15) is 13.2 Å². The van der Waals surface area contributed by atoms with Crippen molar-refractivity contribution >= 4 is 43.1 Å². The maximum atomic E-state index is 9.77. The molecule has 2 N–H and O–H groups in total. The molecule has 0 spiro atoms. The molecular weight excluding hydrogens is 641 g/mol. The van der Waals surface area contributed by atoms with Gasteiger partial charge >= 0.3 is 0 Å². The number of rotatable bonds is 7. The summed E-state index contributed by atoms with van der Waals surface area (Å²) in [7, 11) is 0. The molecule has 0 atom stereocenters. The second-order valence-electron chi connectivity index (χ2n) is 12.5. The molecule has 8 rings (SSSR count). The van der Waals surface area contributed by atoms with E-state index in [1.807, 2.05) is 54.6 Å². The highest BCUT2D eigenvalue weighted by molar-refractivity contribution is 6.09. The highest BCUT2D eigenvalue weighted by Crippen LogP contribution is 2.46. The fourth-order valence-corrected chi connectivity index (χ4v) is 6.66. The topological polar surface area (TPSA) is 58.9 Å². The van der Waals surface area contributed by atoms with Crippen LogP contribution in [0.25, 0.3) is 54.2 Å². The maximum absolute atomic E-state index is 9.77. The Kier molecular flexibility index (Phi) is 9.25. The summed E-state index contributed by atoms with van der Waals surface area (Å²) in [5, 5.41) is 28.1. The van der Waals surface area contributed by atoms with E-state index in [2.05, 4.69) is 115 Å². The second-order valence-corrected chi connectivity index (χ2v) is 12.5. The molecule has 0 aliphatic rings. The number of fused-ring (bicyclic) bond motifs is 4. The average Bonchev–Trinajstić information content (AvgIpc) is 3.19. The van der Waals surface area contributed by atoms with Gasteiger partial charge in [0.05, 0.1) is 13.2 Å². The molecule has 52 heavy (non-hydrogen) atoms. The van der Waals surface area contributed by atoms with Crippen LogP contribution < -0.4 is 9.47 Å². The average molecular weight is 675 g/mol. The van der Waals surface area contributed by atoms with Crippen molar-refractivity contribution in [2.24, 2.45) is 0 Å². The van der Waals surface area contributed by atoms with Crippen LogP contribution in [0.3, 0.4) is 0 Å². The van der Waals surface area contributed by atoms with Crippen molar-refractivity contribution in [2.45, 2.75) is 0 Å². The molecule has 0 heterocycles. The first-order valence-electron chi connectivity index (χ1n) is 17.3. The number of aliphatic hydroxyl groups is 2. The van der Waals surface area contributed by atoms with Crippen molar-refractivity contribution in [1.82, 2.24) is 0 Å². The Balaban J connectivity index is 1.23. The van der Waals surface area contributed by atoms with Gasteiger partial charge in [-0.15, -0.1) is 0 Å². The van der Waals surface area contributed by atoms with E-state index in [9.17, 15) is 10.2 Å². The van der Waals surface area contributed by atoms with E-state index in [1.54, 1.807) is 0 Å². The highest BCUT2D eigenvalue weighted by atomic mass is 16.5. The van der Waals surface area contributed by atoms with E-state index >= 15 is 0 Å². The van der Waals surface area contributed by atoms with Crippen molar-refractivity contribution in [3.8, 4) is 46.3 Å². The van der Waals surface area contributed by atoms with Crippen molar-refractivity contribution in [2.75, 3.05) is 26.4 Å². The van der Waals surface area contributed by atoms with Crippen molar-refractivity contribution in [1.29, 1.82) is 0 Å². The zero-order chi connectivity index (χ0) is 35.3. The molecule has 0 bridgehead atoms. The molecule has 0 saturated carbocycles. The van der Waals surface area contributed by atoms with Gasteiger partial charge in [-0.05, 0) is 103 Å². The van der Waals surface area contributed by atoms with Gasteiger partial charge in [0, 0.05) is 27.8 Å². The van der Waals surface area contributed by atoms with Crippen LogP contribution in [0.2, 0.25) is 0 Å². The van der Waals surface area contributed by atoms with Gasteiger partial charge < -0.3 is 19.7 Å². The fraction of sp³-hybridized carbons (Fsp3) is 0.0833. The minimum Gasteiger partial charge on any atom is -0.487 e. The summed E-state index contributed by atoms with van der Waals surface area (Å²) in [6, 6.07) is 49.6. The lowest BCUT2D eigenvalue weighted by Crippen LogP contribution is -2.08.